The van der Waals surface area contributed by atoms with Crippen LogP contribution in [-0.4, -0.2) is 32.5 Å². The summed E-state index contributed by atoms with van der Waals surface area (Å²) in [6.07, 6.45) is 0.754. The zero-order valence-corrected chi connectivity index (χ0v) is 10.9. The number of hydrogen-bond donors (Lipinski definition) is 1. The lowest BCUT2D eigenvalue weighted by Gasteiger charge is -2.16. The average molecular weight is 253 g/mol. The summed E-state index contributed by atoms with van der Waals surface area (Å²) in [5.74, 6) is 1.05. The highest BCUT2D eigenvalue weighted by Crippen LogP contribution is 2.16. The van der Waals surface area contributed by atoms with Crippen LogP contribution in [0.1, 0.15) is 24.8 Å². The molecule has 4 heteroatoms. The predicted molar refractivity (Wildman–Crippen MR) is 69.9 cm³/mol. The first kappa shape index (κ1) is 12.6. The lowest BCUT2D eigenvalue weighted by Crippen LogP contribution is -2.32. The van der Waals surface area contributed by atoms with E-state index in [1.807, 2.05) is 18.2 Å². The molecule has 0 spiro atoms. The summed E-state index contributed by atoms with van der Waals surface area (Å²) in [7, 11) is -2.77. The van der Waals surface area contributed by atoms with E-state index in [1.165, 1.54) is 5.56 Å². The van der Waals surface area contributed by atoms with E-state index in [0.717, 1.165) is 13.0 Å². The van der Waals surface area contributed by atoms with Crippen molar-refractivity contribution in [2.45, 2.75) is 25.3 Å². The smallest absolute Gasteiger partial charge is 0.151 e. The summed E-state index contributed by atoms with van der Waals surface area (Å²) in [6.45, 7) is 3.00. The molecule has 2 rings (SSSR count). The van der Waals surface area contributed by atoms with E-state index in [9.17, 15) is 8.42 Å². The first-order chi connectivity index (χ1) is 8.07. The minimum Gasteiger partial charge on any atom is -0.312 e. The average Bonchev–Trinajstić information content (AvgIpc) is 2.67. The number of benzene rings is 1. The Bertz CT molecular complexity index is 456. The summed E-state index contributed by atoms with van der Waals surface area (Å²) >= 11 is 0. The van der Waals surface area contributed by atoms with E-state index >= 15 is 0 Å². The Morgan fingerprint density at radius 3 is 2.65 bits per heavy atom. The summed E-state index contributed by atoms with van der Waals surface area (Å²) in [5, 5.41) is 3.36. The molecule has 1 aliphatic rings. The topological polar surface area (TPSA) is 46.2 Å². The van der Waals surface area contributed by atoms with Gasteiger partial charge >= 0.3 is 0 Å². The van der Waals surface area contributed by atoms with Crippen LogP contribution in [0.4, 0.5) is 0 Å². The molecular weight excluding hydrogens is 234 g/mol. The van der Waals surface area contributed by atoms with E-state index < -0.39 is 9.84 Å². The van der Waals surface area contributed by atoms with Crippen molar-refractivity contribution in [1.82, 2.24) is 5.32 Å². The molecule has 1 aliphatic heterocycles. The number of sulfone groups is 1. The second-order valence-corrected chi connectivity index (χ2v) is 7.05. The van der Waals surface area contributed by atoms with Gasteiger partial charge in [-0.2, -0.15) is 0 Å². The summed E-state index contributed by atoms with van der Waals surface area (Å²) < 4.78 is 22.6. The molecule has 17 heavy (non-hydrogen) atoms. The Labute approximate surface area is 103 Å². The van der Waals surface area contributed by atoms with Crippen LogP contribution < -0.4 is 5.32 Å². The quantitative estimate of drug-likeness (QED) is 0.886. The Kier molecular flexibility index (Phi) is 3.84. The van der Waals surface area contributed by atoms with Gasteiger partial charge in [-0.25, -0.2) is 8.42 Å². The van der Waals surface area contributed by atoms with Gasteiger partial charge in [0, 0.05) is 12.6 Å². The Morgan fingerprint density at radius 1 is 1.35 bits per heavy atom. The standard InChI is InChI=1S/C13H19NO2S/c1-11(12-5-3-2-4-6-12)9-14-13-7-8-17(15,16)10-13/h2-6,11,13-14H,7-10H2,1H3. The van der Waals surface area contributed by atoms with E-state index in [1.54, 1.807) is 0 Å². The largest absolute Gasteiger partial charge is 0.312 e. The molecule has 3 nitrogen and oxygen atoms in total. The molecule has 1 aromatic carbocycles. The fourth-order valence-corrected chi connectivity index (χ4v) is 3.91. The summed E-state index contributed by atoms with van der Waals surface area (Å²) in [4.78, 5) is 0. The SMILES string of the molecule is CC(CNC1CCS(=O)(=O)C1)c1ccccc1. The number of hydrogen-bond acceptors (Lipinski definition) is 3. The lowest BCUT2D eigenvalue weighted by molar-refractivity contribution is 0.524. The van der Waals surface area contributed by atoms with Crippen LogP contribution in [0.5, 0.6) is 0 Å². The third-order valence-corrected chi connectivity index (χ3v) is 5.08. The van der Waals surface area contributed by atoms with Crippen molar-refractivity contribution in [3.05, 3.63) is 35.9 Å². The van der Waals surface area contributed by atoms with Gasteiger partial charge in [-0.15, -0.1) is 0 Å². The molecule has 0 radical (unpaired) electrons. The zero-order chi connectivity index (χ0) is 12.3. The summed E-state index contributed by atoms with van der Waals surface area (Å²) in [5.41, 5.74) is 1.29. The van der Waals surface area contributed by atoms with Crippen molar-refractivity contribution in [3.8, 4) is 0 Å². The van der Waals surface area contributed by atoms with Crippen LogP contribution in [0.2, 0.25) is 0 Å². The zero-order valence-electron chi connectivity index (χ0n) is 10.1. The van der Waals surface area contributed by atoms with E-state index in [4.69, 9.17) is 0 Å². The maximum absolute atomic E-state index is 11.3. The van der Waals surface area contributed by atoms with Crippen LogP contribution >= 0.6 is 0 Å². The molecule has 2 unspecified atom stereocenters. The molecule has 0 aliphatic carbocycles. The molecule has 2 atom stereocenters. The molecule has 0 bridgehead atoms. The van der Waals surface area contributed by atoms with Crippen LogP contribution in [0.3, 0.4) is 0 Å². The van der Waals surface area contributed by atoms with Crippen molar-refractivity contribution < 1.29 is 8.42 Å². The third kappa shape index (κ3) is 3.54. The molecule has 94 valence electrons. The highest BCUT2D eigenvalue weighted by atomic mass is 32.2. The van der Waals surface area contributed by atoms with Crippen molar-refractivity contribution in [3.63, 3.8) is 0 Å². The normalized spacial score (nSPS) is 24.6. The monoisotopic (exact) mass is 253 g/mol. The van der Waals surface area contributed by atoms with Gasteiger partial charge in [-0.1, -0.05) is 37.3 Å². The third-order valence-electron chi connectivity index (χ3n) is 3.31. The van der Waals surface area contributed by atoms with Gasteiger partial charge < -0.3 is 5.32 Å². The molecule has 1 heterocycles. The van der Waals surface area contributed by atoms with Crippen molar-refractivity contribution in [2.75, 3.05) is 18.1 Å². The van der Waals surface area contributed by atoms with Gasteiger partial charge in [0.2, 0.25) is 0 Å². The molecule has 1 fully saturated rings. The van der Waals surface area contributed by atoms with Gasteiger partial charge in [-0.05, 0) is 17.9 Å². The second-order valence-electron chi connectivity index (χ2n) is 4.82. The Hall–Kier alpha value is -0.870. The van der Waals surface area contributed by atoms with E-state index in [-0.39, 0.29) is 6.04 Å². The van der Waals surface area contributed by atoms with Crippen LogP contribution in [0, 0.1) is 0 Å². The first-order valence-electron chi connectivity index (χ1n) is 6.05. The van der Waals surface area contributed by atoms with Crippen LogP contribution in [0.15, 0.2) is 30.3 Å². The highest BCUT2D eigenvalue weighted by Gasteiger charge is 2.27. The lowest BCUT2D eigenvalue weighted by atomic mass is 10.0. The minimum absolute atomic E-state index is 0.145. The van der Waals surface area contributed by atoms with Crippen LogP contribution in [0.25, 0.3) is 0 Å². The number of nitrogens with one attached hydrogen (secondary N) is 1. The number of rotatable bonds is 4. The second kappa shape index (κ2) is 5.19. The fraction of sp³-hybridized carbons (Fsp3) is 0.538. The maximum Gasteiger partial charge on any atom is 0.151 e. The van der Waals surface area contributed by atoms with Gasteiger partial charge in [-0.3, -0.25) is 0 Å². The molecule has 0 amide bonds. The van der Waals surface area contributed by atoms with Gasteiger partial charge in [0.25, 0.3) is 0 Å². The van der Waals surface area contributed by atoms with Crippen molar-refractivity contribution >= 4 is 9.84 Å². The van der Waals surface area contributed by atoms with Gasteiger partial charge in [0.15, 0.2) is 9.84 Å². The van der Waals surface area contributed by atoms with Gasteiger partial charge in [0.1, 0.15) is 0 Å². The molecule has 1 aromatic rings. The maximum atomic E-state index is 11.3. The molecule has 1 saturated heterocycles. The highest BCUT2D eigenvalue weighted by molar-refractivity contribution is 7.91. The molecule has 0 aromatic heterocycles. The Morgan fingerprint density at radius 2 is 2.06 bits per heavy atom. The van der Waals surface area contributed by atoms with Crippen LogP contribution in [-0.2, 0) is 9.84 Å². The predicted octanol–water partition coefficient (Wildman–Crippen LogP) is 1.57. The fourth-order valence-electron chi connectivity index (χ4n) is 2.20. The van der Waals surface area contributed by atoms with E-state index in [2.05, 4.69) is 24.4 Å². The summed E-state index contributed by atoms with van der Waals surface area (Å²) in [6, 6.07) is 10.4. The molecule has 0 saturated carbocycles. The molecule has 1 N–H and O–H groups in total. The van der Waals surface area contributed by atoms with Crippen molar-refractivity contribution in [1.29, 1.82) is 0 Å². The van der Waals surface area contributed by atoms with Crippen molar-refractivity contribution in [2.24, 2.45) is 0 Å². The van der Waals surface area contributed by atoms with E-state index in [0.29, 0.717) is 17.4 Å². The molecular formula is C13H19NO2S. The first-order valence-corrected chi connectivity index (χ1v) is 7.88. The minimum atomic E-state index is -2.77. The Balaban J connectivity index is 1.83. The van der Waals surface area contributed by atoms with Gasteiger partial charge in [0.05, 0.1) is 11.5 Å².